The van der Waals surface area contributed by atoms with E-state index in [1.807, 2.05) is 0 Å². The maximum Gasteiger partial charge on any atom is 0.233 e. The van der Waals surface area contributed by atoms with Crippen LogP contribution in [0.5, 0.6) is 5.75 Å². The van der Waals surface area contributed by atoms with E-state index in [0.717, 1.165) is 0 Å². The quantitative estimate of drug-likeness (QED) is 0.673. The number of aliphatic hydroxyl groups is 1. The lowest BCUT2D eigenvalue weighted by molar-refractivity contribution is -0.119. The number of likely N-dealkylation sites (N-methyl/N-ethyl adjacent to an activating group) is 1. The fourth-order valence-electron chi connectivity index (χ4n) is 1.25. The number of amides is 1. The zero-order valence-corrected chi connectivity index (χ0v) is 10.9. The minimum absolute atomic E-state index is 0.127. The summed E-state index contributed by atoms with van der Waals surface area (Å²) in [6, 6.07) is 6.95. The van der Waals surface area contributed by atoms with Crippen LogP contribution in [0.2, 0.25) is 5.02 Å². The molecule has 0 spiro atoms. The van der Waals surface area contributed by atoms with Crippen LogP contribution in [0, 0.1) is 0 Å². The summed E-state index contributed by atoms with van der Waals surface area (Å²) in [6.07, 6.45) is -0.686. The molecule has 100 valence electrons. The van der Waals surface area contributed by atoms with Gasteiger partial charge < -0.3 is 20.5 Å². The van der Waals surface area contributed by atoms with Gasteiger partial charge >= 0.3 is 0 Å². The van der Waals surface area contributed by atoms with E-state index in [0.29, 0.717) is 10.8 Å². The van der Waals surface area contributed by atoms with E-state index in [1.54, 1.807) is 31.3 Å². The Morgan fingerprint density at radius 3 is 3.00 bits per heavy atom. The molecule has 1 rings (SSSR count). The molecule has 0 aliphatic rings. The van der Waals surface area contributed by atoms with Gasteiger partial charge in [-0.2, -0.15) is 0 Å². The third-order valence-electron chi connectivity index (χ3n) is 2.18. The van der Waals surface area contributed by atoms with E-state index in [-0.39, 0.29) is 25.6 Å². The van der Waals surface area contributed by atoms with Crippen molar-refractivity contribution in [1.29, 1.82) is 0 Å². The standard InChI is InChI=1S/C12H17ClN2O3/c1-14-12(17)7-15-6-10(16)8-18-11-4-2-3-9(13)5-11/h2-5,10,15-16H,6-8H2,1H3,(H,14,17). The minimum Gasteiger partial charge on any atom is -0.491 e. The van der Waals surface area contributed by atoms with Crippen LogP contribution in [0.1, 0.15) is 0 Å². The molecule has 0 heterocycles. The summed E-state index contributed by atoms with van der Waals surface area (Å²) in [5.74, 6) is 0.478. The largest absolute Gasteiger partial charge is 0.491 e. The number of rotatable bonds is 7. The first-order valence-corrected chi connectivity index (χ1v) is 5.97. The lowest BCUT2D eigenvalue weighted by Crippen LogP contribution is -2.37. The molecule has 1 aromatic carbocycles. The van der Waals surface area contributed by atoms with Gasteiger partial charge in [0.05, 0.1) is 6.54 Å². The Morgan fingerprint density at radius 1 is 1.56 bits per heavy atom. The van der Waals surface area contributed by atoms with Crippen LogP contribution < -0.4 is 15.4 Å². The number of ether oxygens (including phenoxy) is 1. The SMILES string of the molecule is CNC(=O)CNCC(O)COc1cccc(Cl)c1. The van der Waals surface area contributed by atoms with Gasteiger partial charge in [0.15, 0.2) is 0 Å². The molecule has 0 aliphatic heterocycles. The van der Waals surface area contributed by atoms with Crippen molar-refractivity contribution < 1.29 is 14.6 Å². The molecule has 1 unspecified atom stereocenters. The second-order valence-corrected chi connectivity index (χ2v) is 4.16. The van der Waals surface area contributed by atoms with Crippen LogP contribution in [0.15, 0.2) is 24.3 Å². The maximum absolute atomic E-state index is 10.9. The number of benzene rings is 1. The molecule has 18 heavy (non-hydrogen) atoms. The van der Waals surface area contributed by atoms with E-state index in [2.05, 4.69) is 10.6 Å². The number of hydrogen-bond acceptors (Lipinski definition) is 4. The highest BCUT2D eigenvalue weighted by Crippen LogP contribution is 2.16. The third-order valence-corrected chi connectivity index (χ3v) is 2.42. The third kappa shape index (κ3) is 5.86. The zero-order chi connectivity index (χ0) is 13.4. The van der Waals surface area contributed by atoms with Gasteiger partial charge in [0.1, 0.15) is 18.5 Å². The van der Waals surface area contributed by atoms with Crippen molar-refractivity contribution in [2.24, 2.45) is 0 Å². The van der Waals surface area contributed by atoms with Crippen molar-refractivity contribution >= 4 is 17.5 Å². The van der Waals surface area contributed by atoms with Gasteiger partial charge in [-0.25, -0.2) is 0 Å². The Labute approximate surface area is 111 Å². The average molecular weight is 273 g/mol. The number of carbonyl (C=O) groups is 1. The number of aliphatic hydroxyl groups excluding tert-OH is 1. The second kappa shape index (κ2) is 7.92. The van der Waals surface area contributed by atoms with Crippen LogP contribution in [0.25, 0.3) is 0 Å². The summed E-state index contributed by atoms with van der Waals surface area (Å²) in [6.45, 7) is 0.597. The van der Waals surface area contributed by atoms with Crippen molar-refractivity contribution in [3.05, 3.63) is 29.3 Å². The normalized spacial score (nSPS) is 11.9. The topological polar surface area (TPSA) is 70.6 Å². The first kappa shape index (κ1) is 14.8. The minimum atomic E-state index is -0.686. The molecule has 0 saturated heterocycles. The van der Waals surface area contributed by atoms with Gasteiger partial charge in [-0.3, -0.25) is 4.79 Å². The molecule has 3 N–H and O–H groups in total. The summed E-state index contributed by atoms with van der Waals surface area (Å²) >= 11 is 5.80. The van der Waals surface area contributed by atoms with Gasteiger partial charge in [-0.05, 0) is 18.2 Å². The van der Waals surface area contributed by atoms with E-state index in [1.165, 1.54) is 0 Å². The number of nitrogens with one attached hydrogen (secondary N) is 2. The summed E-state index contributed by atoms with van der Waals surface area (Å²) in [4.78, 5) is 10.9. The van der Waals surface area contributed by atoms with Crippen molar-refractivity contribution in [3.63, 3.8) is 0 Å². The molecule has 6 heteroatoms. The van der Waals surface area contributed by atoms with Crippen LogP contribution in [0.3, 0.4) is 0 Å². The predicted octanol–water partition coefficient (Wildman–Crippen LogP) is 0.415. The second-order valence-electron chi connectivity index (χ2n) is 3.73. The van der Waals surface area contributed by atoms with Gasteiger partial charge in [-0.1, -0.05) is 17.7 Å². The Morgan fingerprint density at radius 2 is 2.33 bits per heavy atom. The fraction of sp³-hybridized carbons (Fsp3) is 0.417. The van der Waals surface area contributed by atoms with E-state index < -0.39 is 6.10 Å². The molecule has 0 saturated carbocycles. The fourth-order valence-corrected chi connectivity index (χ4v) is 1.43. The summed E-state index contributed by atoms with van der Waals surface area (Å²) in [5, 5.41) is 15.5. The molecular weight excluding hydrogens is 256 g/mol. The molecule has 0 radical (unpaired) electrons. The van der Waals surface area contributed by atoms with Gasteiger partial charge in [-0.15, -0.1) is 0 Å². The summed E-state index contributed by atoms with van der Waals surface area (Å²) in [5.41, 5.74) is 0. The maximum atomic E-state index is 10.9. The Balaban J connectivity index is 2.20. The predicted molar refractivity (Wildman–Crippen MR) is 69.9 cm³/mol. The highest BCUT2D eigenvalue weighted by molar-refractivity contribution is 6.30. The smallest absolute Gasteiger partial charge is 0.233 e. The first-order chi connectivity index (χ1) is 8.61. The molecule has 1 atom stereocenters. The van der Waals surface area contributed by atoms with Crippen LogP contribution in [-0.2, 0) is 4.79 Å². The van der Waals surface area contributed by atoms with Crippen molar-refractivity contribution in [3.8, 4) is 5.75 Å². The van der Waals surface area contributed by atoms with Crippen molar-refractivity contribution in [1.82, 2.24) is 10.6 Å². The number of hydrogen-bond donors (Lipinski definition) is 3. The molecule has 0 aliphatic carbocycles. The number of halogens is 1. The van der Waals surface area contributed by atoms with Crippen molar-refractivity contribution in [2.45, 2.75) is 6.10 Å². The lowest BCUT2D eigenvalue weighted by Gasteiger charge is -2.13. The Kier molecular flexibility index (Phi) is 6.49. The van der Waals surface area contributed by atoms with Crippen LogP contribution in [0.4, 0.5) is 0 Å². The highest BCUT2D eigenvalue weighted by Gasteiger charge is 2.06. The van der Waals surface area contributed by atoms with E-state index in [4.69, 9.17) is 16.3 Å². The molecule has 0 fully saturated rings. The molecular formula is C12H17ClN2O3. The molecule has 1 amide bonds. The summed E-state index contributed by atoms with van der Waals surface area (Å²) < 4.78 is 5.36. The summed E-state index contributed by atoms with van der Waals surface area (Å²) in [7, 11) is 1.56. The Hall–Kier alpha value is -1.30. The molecule has 0 aromatic heterocycles. The van der Waals surface area contributed by atoms with E-state index >= 15 is 0 Å². The first-order valence-electron chi connectivity index (χ1n) is 5.59. The monoisotopic (exact) mass is 272 g/mol. The average Bonchev–Trinajstić information content (AvgIpc) is 2.36. The zero-order valence-electron chi connectivity index (χ0n) is 10.1. The van der Waals surface area contributed by atoms with Crippen LogP contribution in [-0.4, -0.2) is 43.9 Å². The Bertz CT molecular complexity index is 387. The van der Waals surface area contributed by atoms with Crippen LogP contribution >= 0.6 is 11.6 Å². The molecule has 1 aromatic rings. The highest BCUT2D eigenvalue weighted by atomic mass is 35.5. The van der Waals surface area contributed by atoms with E-state index in [9.17, 15) is 9.90 Å². The molecule has 0 bridgehead atoms. The number of carbonyl (C=O) groups excluding carboxylic acids is 1. The molecule has 5 nitrogen and oxygen atoms in total. The van der Waals surface area contributed by atoms with Gasteiger partial charge in [0.2, 0.25) is 5.91 Å². The van der Waals surface area contributed by atoms with Crippen molar-refractivity contribution in [2.75, 3.05) is 26.7 Å². The lowest BCUT2D eigenvalue weighted by atomic mass is 10.3. The van der Waals surface area contributed by atoms with Gasteiger partial charge in [0, 0.05) is 18.6 Å². The van der Waals surface area contributed by atoms with Gasteiger partial charge in [0.25, 0.3) is 0 Å².